The highest BCUT2D eigenvalue weighted by Gasteiger charge is 2.20. The van der Waals surface area contributed by atoms with Crippen LogP contribution in [0, 0.1) is 0 Å². The number of aliphatic hydroxyl groups excluding tert-OH is 1. The summed E-state index contributed by atoms with van der Waals surface area (Å²) < 4.78 is 10.2. The van der Waals surface area contributed by atoms with Crippen molar-refractivity contribution in [2.75, 3.05) is 27.8 Å². The van der Waals surface area contributed by atoms with Crippen LogP contribution in [0.5, 0.6) is 11.5 Å². The Hall–Kier alpha value is -1.79. The fourth-order valence-electron chi connectivity index (χ4n) is 1.67. The molecule has 1 unspecified atom stereocenters. The molecule has 1 aromatic rings. The Kier molecular flexibility index (Phi) is 4.94. The first-order valence-corrected chi connectivity index (χ1v) is 5.37. The Bertz CT molecular complexity index is 433. The number of methoxy groups -OCH3 is 2. The Morgan fingerprint density at radius 1 is 1.39 bits per heavy atom. The van der Waals surface area contributed by atoms with E-state index in [0.717, 1.165) is 0 Å². The average Bonchev–Trinajstić information content (AvgIpc) is 2.37. The van der Waals surface area contributed by atoms with Crippen molar-refractivity contribution in [3.05, 3.63) is 23.3 Å². The number of aliphatic hydroxyl groups is 1. The van der Waals surface area contributed by atoms with Crippen molar-refractivity contribution >= 4 is 5.97 Å². The maximum absolute atomic E-state index is 11.0. The number of carboxylic acids is 1. The lowest BCUT2D eigenvalue weighted by Crippen LogP contribution is -2.18. The van der Waals surface area contributed by atoms with Gasteiger partial charge in [0.1, 0.15) is 0 Å². The van der Waals surface area contributed by atoms with Gasteiger partial charge >= 0.3 is 5.97 Å². The molecular formula is C12H17NO5. The minimum absolute atomic E-state index is 0.0396. The molecule has 18 heavy (non-hydrogen) atoms. The first-order valence-electron chi connectivity index (χ1n) is 5.37. The van der Waals surface area contributed by atoms with E-state index in [2.05, 4.69) is 5.32 Å². The zero-order valence-electron chi connectivity index (χ0n) is 10.6. The smallest absolute Gasteiger partial charge is 0.335 e. The molecule has 0 fully saturated rings. The number of rotatable bonds is 6. The maximum Gasteiger partial charge on any atom is 0.335 e. The molecule has 0 saturated carbocycles. The molecule has 6 heteroatoms. The Morgan fingerprint density at radius 3 is 2.50 bits per heavy atom. The molecular weight excluding hydrogens is 238 g/mol. The van der Waals surface area contributed by atoms with Gasteiger partial charge in [-0.25, -0.2) is 4.79 Å². The third kappa shape index (κ3) is 2.91. The van der Waals surface area contributed by atoms with E-state index in [1.54, 1.807) is 7.05 Å². The summed E-state index contributed by atoms with van der Waals surface area (Å²) in [7, 11) is 4.54. The molecule has 0 saturated heterocycles. The number of benzene rings is 1. The van der Waals surface area contributed by atoms with Gasteiger partial charge in [-0.2, -0.15) is 0 Å². The van der Waals surface area contributed by atoms with E-state index in [4.69, 9.17) is 14.6 Å². The van der Waals surface area contributed by atoms with Crippen molar-refractivity contribution in [1.82, 2.24) is 5.32 Å². The number of likely N-dealkylation sites (N-methyl/N-ethyl adjacent to an activating group) is 1. The van der Waals surface area contributed by atoms with Crippen molar-refractivity contribution in [2.45, 2.75) is 6.10 Å². The lowest BCUT2D eigenvalue weighted by molar-refractivity contribution is 0.0696. The summed E-state index contributed by atoms with van der Waals surface area (Å²) >= 11 is 0. The highest BCUT2D eigenvalue weighted by atomic mass is 16.5. The number of hydrogen-bond acceptors (Lipinski definition) is 5. The van der Waals surface area contributed by atoms with Crippen LogP contribution in [0.3, 0.4) is 0 Å². The summed E-state index contributed by atoms with van der Waals surface area (Å²) in [5.74, 6) is -0.471. The lowest BCUT2D eigenvalue weighted by atomic mass is 10.0. The highest BCUT2D eigenvalue weighted by Crippen LogP contribution is 2.36. The van der Waals surface area contributed by atoms with Gasteiger partial charge in [0, 0.05) is 12.1 Å². The van der Waals surface area contributed by atoms with Crippen LogP contribution in [0.1, 0.15) is 22.0 Å². The van der Waals surface area contributed by atoms with Crippen LogP contribution in [0.25, 0.3) is 0 Å². The first-order chi connectivity index (χ1) is 8.54. The minimum Gasteiger partial charge on any atom is -0.493 e. The molecule has 1 aromatic carbocycles. The Balaban J connectivity index is 3.35. The van der Waals surface area contributed by atoms with E-state index in [1.165, 1.54) is 26.4 Å². The van der Waals surface area contributed by atoms with E-state index < -0.39 is 12.1 Å². The lowest BCUT2D eigenvalue weighted by Gasteiger charge is -2.17. The number of ether oxygens (including phenoxy) is 2. The summed E-state index contributed by atoms with van der Waals surface area (Å²) in [4.78, 5) is 11.0. The molecule has 0 aliphatic rings. The van der Waals surface area contributed by atoms with Gasteiger partial charge in [-0.15, -0.1) is 0 Å². The Morgan fingerprint density at radius 2 is 2.06 bits per heavy atom. The fourth-order valence-corrected chi connectivity index (χ4v) is 1.67. The summed E-state index contributed by atoms with van der Waals surface area (Å²) in [6.45, 7) is 0.280. The molecule has 0 aliphatic carbocycles. The number of nitrogens with one attached hydrogen (secondary N) is 1. The SMILES string of the molecule is CNCC(O)c1cc(C(=O)O)cc(OC)c1OC. The van der Waals surface area contributed by atoms with E-state index in [0.29, 0.717) is 11.3 Å². The quantitative estimate of drug-likeness (QED) is 0.692. The normalized spacial score (nSPS) is 12.0. The third-order valence-corrected chi connectivity index (χ3v) is 2.51. The van der Waals surface area contributed by atoms with E-state index in [-0.39, 0.29) is 17.9 Å². The summed E-state index contributed by atoms with van der Waals surface area (Å²) in [6, 6.07) is 2.74. The zero-order valence-corrected chi connectivity index (χ0v) is 10.6. The van der Waals surface area contributed by atoms with Crippen molar-refractivity contribution in [1.29, 1.82) is 0 Å². The average molecular weight is 255 g/mol. The zero-order chi connectivity index (χ0) is 13.7. The molecule has 0 aliphatic heterocycles. The molecule has 0 heterocycles. The van der Waals surface area contributed by atoms with Crippen LogP contribution in [0.15, 0.2) is 12.1 Å². The van der Waals surface area contributed by atoms with Crippen LogP contribution < -0.4 is 14.8 Å². The van der Waals surface area contributed by atoms with E-state index in [1.807, 2.05) is 0 Å². The number of hydrogen-bond donors (Lipinski definition) is 3. The molecule has 6 nitrogen and oxygen atoms in total. The number of carbonyl (C=O) groups is 1. The van der Waals surface area contributed by atoms with Gasteiger partial charge in [-0.1, -0.05) is 0 Å². The van der Waals surface area contributed by atoms with Crippen molar-refractivity contribution < 1.29 is 24.5 Å². The predicted molar refractivity (Wildman–Crippen MR) is 65.4 cm³/mol. The second-order valence-electron chi connectivity index (χ2n) is 3.68. The molecule has 0 spiro atoms. The monoisotopic (exact) mass is 255 g/mol. The van der Waals surface area contributed by atoms with Gasteiger partial charge in [0.15, 0.2) is 11.5 Å². The van der Waals surface area contributed by atoms with Crippen LogP contribution in [0.2, 0.25) is 0 Å². The van der Waals surface area contributed by atoms with Gasteiger partial charge in [-0.3, -0.25) is 0 Å². The molecule has 0 amide bonds. The van der Waals surface area contributed by atoms with Gasteiger partial charge in [-0.05, 0) is 19.2 Å². The number of aromatic carboxylic acids is 1. The van der Waals surface area contributed by atoms with Crippen LogP contribution in [-0.2, 0) is 0 Å². The molecule has 0 radical (unpaired) electrons. The van der Waals surface area contributed by atoms with Gasteiger partial charge in [0.25, 0.3) is 0 Å². The summed E-state index contributed by atoms with van der Waals surface area (Å²) in [5.41, 5.74) is 0.418. The molecule has 0 aromatic heterocycles. The van der Waals surface area contributed by atoms with Crippen molar-refractivity contribution in [2.24, 2.45) is 0 Å². The van der Waals surface area contributed by atoms with Crippen LogP contribution in [0.4, 0.5) is 0 Å². The molecule has 1 rings (SSSR count). The predicted octanol–water partition coefficient (Wildman–Crippen LogP) is 0.655. The van der Waals surface area contributed by atoms with Gasteiger partial charge in [0.05, 0.1) is 25.9 Å². The standard InChI is InChI=1S/C12H17NO5/c1-13-6-9(14)8-4-7(12(15)16)5-10(17-2)11(8)18-3/h4-5,9,13-14H,6H2,1-3H3,(H,15,16). The fraction of sp³-hybridized carbons (Fsp3) is 0.417. The second-order valence-corrected chi connectivity index (χ2v) is 3.68. The molecule has 0 bridgehead atoms. The van der Waals surface area contributed by atoms with Crippen LogP contribution >= 0.6 is 0 Å². The van der Waals surface area contributed by atoms with Crippen molar-refractivity contribution in [3.8, 4) is 11.5 Å². The topological polar surface area (TPSA) is 88.0 Å². The molecule has 3 N–H and O–H groups in total. The Labute approximate surface area is 105 Å². The minimum atomic E-state index is -1.09. The summed E-state index contributed by atoms with van der Waals surface area (Å²) in [6.07, 6.45) is -0.877. The van der Waals surface area contributed by atoms with E-state index in [9.17, 15) is 9.90 Å². The molecule has 1 atom stereocenters. The van der Waals surface area contributed by atoms with Gasteiger partial charge < -0.3 is 25.0 Å². The summed E-state index contributed by atoms with van der Waals surface area (Å²) in [5, 5.41) is 21.8. The van der Waals surface area contributed by atoms with Gasteiger partial charge in [0.2, 0.25) is 0 Å². The highest BCUT2D eigenvalue weighted by molar-refractivity contribution is 5.89. The van der Waals surface area contributed by atoms with Crippen LogP contribution in [-0.4, -0.2) is 44.0 Å². The van der Waals surface area contributed by atoms with E-state index >= 15 is 0 Å². The first kappa shape index (κ1) is 14.3. The molecule has 100 valence electrons. The number of carboxylic acid groups (broad SMARTS) is 1. The second kappa shape index (κ2) is 6.23. The largest absolute Gasteiger partial charge is 0.493 e. The third-order valence-electron chi connectivity index (χ3n) is 2.51. The van der Waals surface area contributed by atoms with Crippen molar-refractivity contribution in [3.63, 3.8) is 0 Å². The maximum atomic E-state index is 11.0.